The number of rotatable bonds is 2. The molecule has 18 heavy (non-hydrogen) atoms. The molecule has 0 aliphatic heterocycles. The number of fused-ring (bicyclic) bond motifs is 1. The molecule has 2 heterocycles. The lowest BCUT2D eigenvalue weighted by Crippen LogP contribution is -1.99. The summed E-state index contributed by atoms with van der Waals surface area (Å²) in [6.07, 6.45) is 0. The molecule has 1 aromatic carbocycles. The number of thiophene rings is 1. The molecule has 3 aromatic rings. The zero-order chi connectivity index (χ0) is 12.5. The molecule has 0 amide bonds. The van der Waals surface area contributed by atoms with E-state index in [1.165, 1.54) is 11.3 Å². The Morgan fingerprint density at radius 1 is 1.17 bits per heavy atom. The monoisotopic (exact) mass is 274 g/mol. The van der Waals surface area contributed by atoms with Gasteiger partial charge in [-0.25, -0.2) is 4.98 Å². The van der Waals surface area contributed by atoms with Crippen molar-refractivity contribution in [3.05, 3.63) is 52.4 Å². The van der Waals surface area contributed by atoms with E-state index in [0.717, 1.165) is 31.4 Å². The van der Waals surface area contributed by atoms with Crippen molar-refractivity contribution < 1.29 is 0 Å². The Morgan fingerprint density at radius 3 is 2.72 bits per heavy atom. The number of benzene rings is 1. The maximum atomic E-state index is 5.97. The standard InChI is InChI=1S/C14H11ClN2S/c15-14-6-5-13(18-14)12-7-9(8-16)10-3-1-2-4-11(10)17-12/h1-7H,8,16H2. The summed E-state index contributed by atoms with van der Waals surface area (Å²) < 4.78 is 0.772. The minimum absolute atomic E-state index is 0.509. The highest BCUT2D eigenvalue weighted by Crippen LogP contribution is 2.32. The third kappa shape index (κ3) is 2.01. The molecule has 0 fully saturated rings. The lowest BCUT2D eigenvalue weighted by Gasteiger charge is -2.06. The molecule has 0 spiro atoms. The van der Waals surface area contributed by atoms with Gasteiger partial charge >= 0.3 is 0 Å². The van der Waals surface area contributed by atoms with Crippen LogP contribution in [0.25, 0.3) is 21.5 Å². The average molecular weight is 275 g/mol. The van der Waals surface area contributed by atoms with Crippen LogP contribution in [0.2, 0.25) is 4.34 Å². The van der Waals surface area contributed by atoms with Crippen molar-refractivity contribution in [1.82, 2.24) is 4.98 Å². The van der Waals surface area contributed by atoms with Crippen LogP contribution in [0, 0.1) is 0 Å². The molecule has 0 aliphatic carbocycles. The Bertz CT molecular complexity index is 706. The van der Waals surface area contributed by atoms with E-state index < -0.39 is 0 Å². The van der Waals surface area contributed by atoms with Gasteiger partial charge < -0.3 is 5.73 Å². The van der Waals surface area contributed by atoms with E-state index in [9.17, 15) is 0 Å². The summed E-state index contributed by atoms with van der Waals surface area (Å²) in [4.78, 5) is 5.73. The van der Waals surface area contributed by atoms with Crippen molar-refractivity contribution in [2.45, 2.75) is 6.54 Å². The normalized spacial score (nSPS) is 11.0. The molecule has 0 atom stereocenters. The number of aromatic nitrogens is 1. The van der Waals surface area contributed by atoms with Gasteiger partial charge in [-0.2, -0.15) is 0 Å². The summed E-state index contributed by atoms with van der Waals surface area (Å²) in [7, 11) is 0. The highest BCUT2D eigenvalue weighted by Gasteiger charge is 2.08. The van der Waals surface area contributed by atoms with Crippen LogP contribution in [-0.2, 0) is 6.54 Å². The minimum Gasteiger partial charge on any atom is -0.326 e. The first-order chi connectivity index (χ1) is 8.78. The lowest BCUT2D eigenvalue weighted by molar-refractivity contribution is 1.08. The summed E-state index contributed by atoms with van der Waals surface area (Å²) in [6.45, 7) is 0.509. The lowest BCUT2D eigenvalue weighted by atomic mass is 10.1. The second kappa shape index (κ2) is 4.69. The molecular weight excluding hydrogens is 264 g/mol. The Labute approximate surface area is 114 Å². The fourth-order valence-electron chi connectivity index (χ4n) is 1.99. The molecule has 2 aromatic heterocycles. The number of hydrogen-bond donors (Lipinski definition) is 1. The van der Waals surface area contributed by atoms with E-state index in [4.69, 9.17) is 17.3 Å². The fourth-order valence-corrected chi connectivity index (χ4v) is 3.00. The molecule has 4 heteroatoms. The van der Waals surface area contributed by atoms with Crippen LogP contribution in [0.5, 0.6) is 0 Å². The number of hydrogen-bond acceptors (Lipinski definition) is 3. The first-order valence-corrected chi connectivity index (χ1v) is 6.82. The summed E-state index contributed by atoms with van der Waals surface area (Å²) in [5.41, 5.74) is 8.84. The smallest absolute Gasteiger partial charge is 0.0935 e. The van der Waals surface area contributed by atoms with Crippen LogP contribution in [0.3, 0.4) is 0 Å². The molecule has 3 rings (SSSR count). The van der Waals surface area contributed by atoms with Crippen molar-refractivity contribution in [3.8, 4) is 10.6 Å². The van der Waals surface area contributed by atoms with E-state index in [2.05, 4.69) is 11.1 Å². The SMILES string of the molecule is NCc1cc(-c2ccc(Cl)s2)nc2ccccc12. The number of halogens is 1. The van der Waals surface area contributed by atoms with E-state index in [1.54, 1.807) is 0 Å². The Balaban J connectivity index is 2.25. The molecule has 0 saturated carbocycles. The summed E-state index contributed by atoms with van der Waals surface area (Å²) >= 11 is 7.50. The van der Waals surface area contributed by atoms with Crippen LogP contribution in [-0.4, -0.2) is 4.98 Å². The van der Waals surface area contributed by atoms with E-state index >= 15 is 0 Å². The van der Waals surface area contributed by atoms with E-state index in [1.807, 2.05) is 36.4 Å². The number of pyridine rings is 1. The summed E-state index contributed by atoms with van der Waals surface area (Å²) in [5, 5.41) is 1.12. The maximum absolute atomic E-state index is 5.97. The van der Waals surface area contributed by atoms with Gasteiger partial charge in [0.2, 0.25) is 0 Å². The van der Waals surface area contributed by atoms with Crippen LogP contribution in [0.15, 0.2) is 42.5 Å². The van der Waals surface area contributed by atoms with Gasteiger partial charge in [0, 0.05) is 11.9 Å². The largest absolute Gasteiger partial charge is 0.326 e. The van der Waals surface area contributed by atoms with Crippen LogP contribution in [0.1, 0.15) is 5.56 Å². The molecule has 2 nitrogen and oxygen atoms in total. The second-order valence-electron chi connectivity index (χ2n) is 3.99. The van der Waals surface area contributed by atoms with Gasteiger partial charge in [-0.3, -0.25) is 0 Å². The first-order valence-electron chi connectivity index (χ1n) is 5.62. The van der Waals surface area contributed by atoms with Crippen molar-refractivity contribution in [1.29, 1.82) is 0 Å². The van der Waals surface area contributed by atoms with Gasteiger partial charge in [-0.1, -0.05) is 29.8 Å². The molecule has 90 valence electrons. The van der Waals surface area contributed by atoms with Gasteiger partial charge in [0.25, 0.3) is 0 Å². The zero-order valence-electron chi connectivity index (χ0n) is 9.56. The zero-order valence-corrected chi connectivity index (χ0v) is 11.1. The molecule has 0 radical (unpaired) electrons. The molecule has 0 aliphatic rings. The Morgan fingerprint density at radius 2 is 2.00 bits per heavy atom. The number of nitrogens with two attached hydrogens (primary N) is 1. The Hall–Kier alpha value is -1.42. The topological polar surface area (TPSA) is 38.9 Å². The average Bonchev–Trinajstić information content (AvgIpc) is 2.84. The van der Waals surface area contributed by atoms with Gasteiger partial charge in [0.15, 0.2) is 0 Å². The Kier molecular flexibility index (Phi) is 3.04. The highest BCUT2D eigenvalue weighted by molar-refractivity contribution is 7.19. The van der Waals surface area contributed by atoms with Gasteiger partial charge in [0.1, 0.15) is 0 Å². The second-order valence-corrected chi connectivity index (χ2v) is 5.71. The van der Waals surface area contributed by atoms with Crippen molar-refractivity contribution >= 4 is 33.8 Å². The third-order valence-electron chi connectivity index (χ3n) is 2.85. The summed E-state index contributed by atoms with van der Waals surface area (Å²) in [6, 6.07) is 14.0. The third-order valence-corrected chi connectivity index (χ3v) is 4.10. The quantitative estimate of drug-likeness (QED) is 0.765. The molecule has 0 bridgehead atoms. The van der Waals surface area contributed by atoms with Gasteiger partial charge in [-0.15, -0.1) is 11.3 Å². The van der Waals surface area contributed by atoms with Crippen molar-refractivity contribution in [3.63, 3.8) is 0 Å². The fraction of sp³-hybridized carbons (Fsp3) is 0.0714. The van der Waals surface area contributed by atoms with Gasteiger partial charge in [0.05, 0.1) is 20.4 Å². The molecule has 2 N–H and O–H groups in total. The predicted octanol–water partition coefficient (Wildman–Crippen LogP) is 4.08. The molecular formula is C14H11ClN2S. The van der Waals surface area contributed by atoms with E-state index in [-0.39, 0.29) is 0 Å². The van der Waals surface area contributed by atoms with Crippen molar-refractivity contribution in [2.24, 2.45) is 5.73 Å². The van der Waals surface area contributed by atoms with Crippen molar-refractivity contribution in [2.75, 3.05) is 0 Å². The number of nitrogens with zero attached hydrogens (tertiary/aromatic N) is 1. The number of para-hydroxylation sites is 1. The summed E-state index contributed by atoms with van der Waals surface area (Å²) in [5.74, 6) is 0. The van der Waals surface area contributed by atoms with Crippen LogP contribution < -0.4 is 5.73 Å². The predicted molar refractivity (Wildman–Crippen MR) is 78.0 cm³/mol. The van der Waals surface area contributed by atoms with Crippen LogP contribution in [0.4, 0.5) is 0 Å². The minimum atomic E-state index is 0.509. The van der Waals surface area contributed by atoms with E-state index in [0.29, 0.717) is 6.54 Å². The first kappa shape index (κ1) is 11.7. The highest BCUT2D eigenvalue weighted by atomic mass is 35.5. The maximum Gasteiger partial charge on any atom is 0.0935 e. The van der Waals surface area contributed by atoms with Gasteiger partial charge in [-0.05, 0) is 29.8 Å². The molecule has 0 unspecified atom stereocenters. The van der Waals surface area contributed by atoms with Crippen LogP contribution >= 0.6 is 22.9 Å². The molecule has 0 saturated heterocycles.